The van der Waals surface area contributed by atoms with Crippen LogP contribution in [0.2, 0.25) is 0 Å². The van der Waals surface area contributed by atoms with Crippen LogP contribution in [0, 0.1) is 10.1 Å². The van der Waals surface area contributed by atoms with Crippen molar-refractivity contribution in [3.8, 4) is 0 Å². The topological polar surface area (TPSA) is 114 Å². The van der Waals surface area contributed by atoms with E-state index in [0.717, 1.165) is 19.2 Å². The molecular weight excluding hydrogens is 396 g/mol. The van der Waals surface area contributed by atoms with E-state index in [1.807, 2.05) is 13.8 Å². The van der Waals surface area contributed by atoms with Gasteiger partial charge in [0.1, 0.15) is 5.69 Å². The normalized spacial score (nSPS) is 21.3. The molecule has 29 heavy (non-hydrogen) atoms. The smallest absolute Gasteiger partial charge is 0.293 e. The van der Waals surface area contributed by atoms with Gasteiger partial charge < -0.3 is 10.1 Å². The van der Waals surface area contributed by atoms with E-state index >= 15 is 0 Å². The van der Waals surface area contributed by atoms with Gasteiger partial charge >= 0.3 is 0 Å². The Morgan fingerprint density at radius 1 is 1.28 bits per heavy atom. The van der Waals surface area contributed by atoms with Crippen LogP contribution in [0.5, 0.6) is 0 Å². The predicted octanol–water partition coefficient (Wildman–Crippen LogP) is 2.58. The number of nitro groups is 1. The largest absolute Gasteiger partial charge is 0.378 e. The van der Waals surface area contributed by atoms with Gasteiger partial charge in [0.2, 0.25) is 10.0 Å². The highest BCUT2D eigenvalue weighted by molar-refractivity contribution is 7.89. The molecule has 1 aliphatic heterocycles. The fourth-order valence-corrected chi connectivity index (χ4v) is 4.72. The maximum atomic E-state index is 12.3. The van der Waals surface area contributed by atoms with Gasteiger partial charge in [0.15, 0.2) is 0 Å². The third-order valence-electron chi connectivity index (χ3n) is 4.85. The molecule has 0 spiro atoms. The molecular formula is C19H32N4O5S. The molecule has 0 aromatic heterocycles. The molecule has 164 valence electrons. The predicted molar refractivity (Wildman–Crippen MR) is 113 cm³/mol. The Bertz CT molecular complexity index is 831. The molecule has 0 bridgehead atoms. The number of sulfonamides is 1. The zero-order chi connectivity index (χ0) is 22.0. The van der Waals surface area contributed by atoms with Crippen molar-refractivity contribution in [2.75, 3.05) is 25.0 Å². The van der Waals surface area contributed by atoms with Gasteiger partial charge in [-0.15, -0.1) is 0 Å². The van der Waals surface area contributed by atoms with Crippen LogP contribution < -0.4 is 10.0 Å². The maximum absolute atomic E-state index is 12.3. The number of benzene rings is 1. The third-order valence-corrected chi connectivity index (χ3v) is 6.51. The van der Waals surface area contributed by atoms with Crippen LogP contribution in [0.25, 0.3) is 0 Å². The minimum absolute atomic E-state index is 0.116. The highest BCUT2D eigenvalue weighted by atomic mass is 32.2. The van der Waals surface area contributed by atoms with Crippen LogP contribution in [0.1, 0.15) is 41.5 Å². The minimum Gasteiger partial charge on any atom is -0.378 e. The Morgan fingerprint density at radius 3 is 2.38 bits per heavy atom. The minimum atomic E-state index is -3.81. The second-order valence-electron chi connectivity index (χ2n) is 8.54. The summed E-state index contributed by atoms with van der Waals surface area (Å²) >= 11 is 0. The summed E-state index contributed by atoms with van der Waals surface area (Å²) in [5, 5.41) is 14.7. The molecule has 0 radical (unpaired) electrons. The van der Waals surface area contributed by atoms with E-state index in [2.05, 4.69) is 28.8 Å². The number of hydrogen-bond acceptors (Lipinski definition) is 7. The van der Waals surface area contributed by atoms with Crippen LogP contribution in [-0.4, -0.2) is 61.7 Å². The van der Waals surface area contributed by atoms with Crippen LogP contribution in [-0.2, 0) is 14.8 Å². The molecule has 1 heterocycles. The first kappa shape index (κ1) is 23.5. The first-order chi connectivity index (χ1) is 13.3. The molecule has 10 heteroatoms. The first-order valence-corrected chi connectivity index (χ1v) is 11.3. The first-order valence-electron chi connectivity index (χ1n) is 9.77. The average Bonchev–Trinajstić information content (AvgIpc) is 2.57. The van der Waals surface area contributed by atoms with Gasteiger partial charge in [-0.3, -0.25) is 15.0 Å². The summed E-state index contributed by atoms with van der Waals surface area (Å²) in [6, 6.07) is 3.62. The standard InChI is InChI=1S/C19H32N4O5S/c1-13(2)21-29(26,27)16-7-8-17(18(9-16)23(24)25)20-12-19(5,6)22-10-14(3)28-15(4)11-22/h7-9,13-15,20-21H,10-12H2,1-6H3/t14-,15-/m1/s1. The van der Waals surface area contributed by atoms with Crippen molar-refractivity contribution in [3.63, 3.8) is 0 Å². The summed E-state index contributed by atoms with van der Waals surface area (Å²) in [4.78, 5) is 13.2. The zero-order valence-electron chi connectivity index (χ0n) is 17.9. The van der Waals surface area contributed by atoms with Gasteiger partial charge in [0, 0.05) is 37.3 Å². The molecule has 1 saturated heterocycles. The zero-order valence-corrected chi connectivity index (χ0v) is 18.7. The van der Waals surface area contributed by atoms with Gasteiger partial charge in [-0.2, -0.15) is 0 Å². The van der Waals surface area contributed by atoms with Crippen LogP contribution in [0.3, 0.4) is 0 Å². The molecule has 9 nitrogen and oxygen atoms in total. The lowest BCUT2D eigenvalue weighted by molar-refractivity contribution is -0.384. The number of nitrogens with one attached hydrogen (secondary N) is 2. The fraction of sp³-hybridized carbons (Fsp3) is 0.684. The van der Waals surface area contributed by atoms with E-state index in [9.17, 15) is 18.5 Å². The number of nitrogens with zero attached hydrogens (tertiary/aromatic N) is 2. The van der Waals surface area contributed by atoms with Crippen molar-refractivity contribution in [2.45, 2.75) is 70.2 Å². The van der Waals surface area contributed by atoms with Gasteiger partial charge in [0.25, 0.3) is 5.69 Å². The van der Waals surface area contributed by atoms with Crippen LogP contribution in [0.15, 0.2) is 23.1 Å². The van der Waals surface area contributed by atoms with Crippen molar-refractivity contribution in [1.29, 1.82) is 0 Å². The van der Waals surface area contributed by atoms with E-state index < -0.39 is 14.9 Å². The summed E-state index contributed by atoms with van der Waals surface area (Å²) < 4.78 is 32.9. The fourth-order valence-electron chi connectivity index (χ4n) is 3.45. The number of hydrogen-bond donors (Lipinski definition) is 2. The number of ether oxygens (including phenoxy) is 1. The molecule has 0 amide bonds. The molecule has 2 rings (SSSR count). The highest BCUT2D eigenvalue weighted by Crippen LogP contribution is 2.29. The van der Waals surface area contributed by atoms with Gasteiger partial charge in [0.05, 0.1) is 22.0 Å². The lowest BCUT2D eigenvalue weighted by Gasteiger charge is -2.45. The maximum Gasteiger partial charge on any atom is 0.293 e. The monoisotopic (exact) mass is 428 g/mol. The molecule has 0 saturated carbocycles. The average molecular weight is 429 g/mol. The quantitative estimate of drug-likeness (QED) is 0.483. The molecule has 2 atom stereocenters. The van der Waals surface area contributed by atoms with E-state index in [-0.39, 0.29) is 34.4 Å². The van der Waals surface area contributed by atoms with Gasteiger partial charge in [-0.25, -0.2) is 13.1 Å². The molecule has 1 aromatic rings. The van der Waals surface area contributed by atoms with Gasteiger partial charge in [-0.1, -0.05) is 0 Å². The van der Waals surface area contributed by atoms with Crippen LogP contribution >= 0.6 is 0 Å². The molecule has 1 aliphatic rings. The Labute approximate surface area is 173 Å². The molecule has 0 aliphatic carbocycles. The Kier molecular flexibility index (Phi) is 7.26. The van der Waals surface area contributed by atoms with E-state index in [1.54, 1.807) is 13.8 Å². The number of nitro benzene ring substituents is 1. The second-order valence-corrected chi connectivity index (χ2v) is 10.3. The summed E-state index contributed by atoms with van der Waals surface area (Å²) in [5.74, 6) is 0. The lowest BCUT2D eigenvalue weighted by Crippen LogP contribution is -2.57. The number of rotatable bonds is 8. The van der Waals surface area contributed by atoms with E-state index in [1.165, 1.54) is 12.1 Å². The molecule has 1 aromatic carbocycles. The highest BCUT2D eigenvalue weighted by Gasteiger charge is 2.33. The summed E-state index contributed by atoms with van der Waals surface area (Å²) in [6.45, 7) is 13.6. The SMILES string of the molecule is CC(C)NS(=O)(=O)c1ccc(NCC(C)(C)N2C[C@@H](C)O[C@H](C)C2)c([N+](=O)[O-])c1. The van der Waals surface area contributed by atoms with E-state index in [0.29, 0.717) is 12.2 Å². The van der Waals surface area contributed by atoms with Gasteiger partial charge in [-0.05, 0) is 53.7 Å². The number of anilines is 1. The molecule has 2 N–H and O–H groups in total. The summed E-state index contributed by atoms with van der Waals surface area (Å²) in [5.41, 5.74) is -0.249. The Hall–Kier alpha value is -1.75. The van der Waals surface area contributed by atoms with Crippen molar-refractivity contribution in [1.82, 2.24) is 9.62 Å². The Morgan fingerprint density at radius 2 is 1.86 bits per heavy atom. The molecule has 0 unspecified atom stereocenters. The van der Waals surface area contributed by atoms with E-state index in [4.69, 9.17) is 4.74 Å². The van der Waals surface area contributed by atoms with Crippen molar-refractivity contribution < 1.29 is 18.1 Å². The summed E-state index contributed by atoms with van der Waals surface area (Å²) in [6.07, 6.45) is 0.232. The summed E-state index contributed by atoms with van der Waals surface area (Å²) in [7, 11) is -3.81. The lowest BCUT2D eigenvalue weighted by atomic mass is 10.00. The van der Waals surface area contributed by atoms with Crippen molar-refractivity contribution in [3.05, 3.63) is 28.3 Å². The molecule has 1 fully saturated rings. The van der Waals surface area contributed by atoms with Crippen LogP contribution in [0.4, 0.5) is 11.4 Å². The second kappa shape index (κ2) is 8.95. The number of morpholine rings is 1. The third kappa shape index (κ3) is 6.11. The van der Waals surface area contributed by atoms with Crippen molar-refractivity contribution >= 4 is 21.4 Å². The van der Waals surface area contributed by atoms with Crippen molar-refractivity contribution in [2.24, 2.45) is 0 Å². The Balaban J connectivity index is 2.21.